The van der Waals surface area contributed by atoms with Gasteiger partial charge in [-0.05, 0) is 12.5 Å². The van der Waals surface area contributed by atoms with Crippen LogP contribution >= 0.6 is 0 Å². The molecule has 0 unspecified atom stereocenters. The van der Waals surface area contributed by atoms with Gasteiger partial charge in [0, 0.05) is 5.69 Å². The van der Waals surface area contributed by atoms with E-state index in [1.54, 1.807) is 6.92 Å². The summed E-state index contributed by atoms with van der Waals surface area (Å²) in [6.45, 7) is 1.70. The first kappa shape index (κ1) is 12.3. The lowest BCUT2D eigenvalue weighted by Crippen LogP contribution is -2.11. The smallest absolute Gasteiger partial charge is 0.453 e. The number of aromatic carboxylic acids is 1. The Bertz CT molecular complexity index is 620. The van der Waals surface area contributed by atoms with Gasteiger partial charge in [-0.15, -0.1) is 5.10 Å². The quantitative estimate of drug-likeness (QED) is 0.882. The topological polar surface area (TPSA) is 80.4 Å². The summed E-state index contributed by atoms with van der Waals surface area (Å²) < 4.78 is 37.9. The van der Waals surface area contributed by atoms with Crippen LogP contribution in [-0.2, 0) is 12.6 Å². The van der Waals surface area contributed by atoms with Crippen LogP contribution in [0.5, 0.6) is 0 Å². The first-order valence-corrected chi connectivity index (χ1v) is 4.90. The summed E-state index contributed by atoms with van der Waals surface area (Å²) in [6, 6.07) is 1.17. The molecule has 96 valence electrons. The van der Waals surface area contributed by atoms with Crippen molar-refractivity contribution >= 4 is 11.7 Å². The summed E-state index contributed by atoms with van der Waals surface area (Å²) in [5.74, 6) is -3.18. The highest BCUT2D eigenvalue weighted by molar-refractivity contribution is 5.86. The fourth-order valence-electron chi connectivity index (χ4n) is 1.37. The van der Waals surface area contributed by atoms with Crippen LogP contribution in [0.4, 0.5) is 13.2 Å². The van der Waals surface area contributed by atoms with Crippen molar-refractivity contribution in [2.45, 2.75) is 19.5 Å². The third kappa shape index (κ3) is 1.98. The number of hydrogen-bond acceptors (Lipinski definition) is 4. The van der Waals surface area contributed by atoms with Crippen LogP contribution in [-0.4, -0.2) is 30.7 Å². The van der Waals surface area contributed by atoms with Crippen LogP contribution in [0.2, 0.25) is 0 Å². The van der Waals surface area contributed by atoms with E-state index in [-0.39, 0.29) is 5.78 Å². The number of carboxylic acids is 1. The third-order valence-corrected chi connectivity index (χ3v) is 2.20. The van der Waals surface area contributed by atoms with E-state index < -0.39 is 23.7 Å². The summed E-state index contributed by atoms with van der Waals surface area (Å²) >= 11 is 0. The van der Waals surface area contributed by atoms with Crippen LogP contribution in [0.25, 0.3) is 5.78 Å². The van der Waals surface area contributed by atoms with Crippen molar-refractivity contribution in [2.75, 3.05) is 0 Å². The lowest BCUT2D eigenvalue weighted by Gasteiger charge is -2.01. The van der Waals surface area contributed by atoms with Gasteiger partial charge in [0.2, 0.25) is 0 Å². The number of alkyl halides is 3. The molecule has 0 bridgehead atoms. The summed E-state index contributed by atoms with van der Waals surface area (Å²) in [6.07, 6.45) is -4.36. The molecule has 2 aromatic heterocycles. The van der Waals surface area contributed by atoms with Gasteiger partial charge in [-0.3, -0.25) is 0 Å². The van der Waals surface area contributed by atoms with E-state index in [1.807, 2.05) is 0 Å². The molecule has 0 aliphatic rings. The second kappa shape index (κ2) is 3.93. The molecule has 0 fully saturated rings. The molecule has 2 heterocycles. The highest BCUT2D eigenvalue weighted by atomic mass is 19.4. The first-order chi connectivity index (χ1) is 8.32. The Balaban J connectivity index is 2.74. The second-order valence-electron chi connectivity index (χ2n) is 3.44. The standard InChI is InChI=1S/C9H7F3N4O2/c1-2-4-3-5(6(17)18)16-8(13-4)14-7(15-16)9(10,11)12/h3H,2H2,1H3,(H,17,18). The SMILES string of the molecule is CCc1cc(C(=O)O)n2nc(C(F)(F)F)nc2n1. The average Bonchev–Trinajstić information content (AvgIpc) is 2.70. The van der Waals surface area contributed by atoms with Crippen LogP contribution in [0.3, 0.4) is 0 Å². The molecule has 0 amide bonds. The first-order valence-electron chi connectivity index (χ1n) is 4.90. The number of carboxylic acid groups (broad SMARTS) is 1. The van der Waals surface area contributed by atoms with Crippen molar-refractivity contribution < 1.29 is 23.1 Å². The van der Waals surface area contributed by atoms with Gasteiger partial charge in [-0.2, -0.15) is 22.7 Å². The van der Waals surface area contributed by atoms with Crippen molar-refractivity contribution in [3.63, 3.8) is 0 Å². The minimum Gasteiger partial charge on any atom is -0.477 e. The number of aromatic nitrogens is 4. The van der Waals surface area contributed by atoms with E-state index >= 15 is 0 Å². The number of carbonyl (C=O) groups is 1. The second-order valence-corrected chi connectivity index (χ2v) is 3.44. The zero-order chi connectivity index (χ0) is 13.5. The Morgan fingerprint density at radius 2 is 2.11 bits per heavy atom. The molecule has 18 heavy (non-hydrogen) atoms. The molecule has 0 aliphatic carbocycles. The molecule has 9 heteroatoms. The monoisotopic (exact) mass is 260 g/mol. The van der Waals surface area contributed by atoms with Crippen molar-refractivity contribution in [2.24, 2.45) is 0 Å². The van der Waals surface area contributed by atoms with E-state index in [0.29, 0.717) is 16.6 Å². The molecular formula is C9H7F3N4O2. The molecule has 0 spiro atoms. The van der Waals surface area contributed by atoms with Gasteiger partial charge in [-0.1, -0.05) is 6.92 Å². The van der Waals surface area contributed by atoms with E-state index in [1.165, 1.54) is 6.07 Å². The van der Waals surface area contributed by atoms with Crippen LogP contribution in [0.15, 0.2) is 6.07 Å². The number of fused-ring (bicyclic) bond motifs is 1. The molecule has 2 rings (SSSR count). The molecule has 0 saturated heterocycles. The van der Waals surface area contributed by atoms with E-state index in [0.717, 1.165) is 0 Å². The Labute approximate surface area is 98.1 Å². The number of hydrogen-bond donors (Lipinski definition) is 1. The van der Waals surface area contributed by atoms with Crippen LogP contribution in [0.1, 0.15) is 28.9 Å². The summed E-state index contributed by atoms with van der Waals surface area (Å²) in [5, 5.41) is 12.0. The van der Waals surface area contributed by atoms with Crippen LogP contribution in [0, 0.1) is 0 Å². The van der Waals surface area contributed by atoms with E-state index in [4.69, 9.17) is 5.11 Å². The van der Waals surface area contributed by atoms with Crippen molar-refractivity contribution in [3.8, 4) is 0 Å². The molecule has 0 atom stereocenters. The van der Waals surface area contributed by atoms with Crippen LogP contribution < -0.4 is 0 Å². The van der Waals surface area contributed by atoms with Gasteiger partial charge in [-0.25, -0.2) is 9.78 Å². The largest absolute Gasteiger partial charge is 0.477 e. The zero-order valence-electron chi connectivity index (χ0n) is 9.06. The van der Waals surface area contributed by atoms with Gasteiger partial charge < -0.3 is 5.11 Å². The Kier molecular flexibility index (Phi) is 2.68. The molecule has 0 aromatic carbocycles. The molecular weight excluding hydrogens is 253 g/mol. The minimum atomic E-state index is -4.74. The molecule has 0 saturated carbocycles. The normalized spacial score (nSPS) is 12.0. The average molecular weight is 260 g/mol. The molecule has 0 radical (unpaired) electrons. The predicted molar refractivity (Wildman–Crippen MR) is 52.1 cm³/mol. The summed E-state index contributed by atoms with van der Waals surface area (Å²) in [7, 11) is 0. The minimum absolute atomic E-state index is 0.334. The highest BCUT2D eigenvalue weighted by Crippen LogP contribution is 2.26. The van der Waals surface area contributed by atoms with Crippen molar-refractivity contribution in [3.05, 3.63) is 23.3 Å². The van der Waals surface area contributed by atoms with Crippen molar-refractivity contribution in [1.29, 1.82) is 0 Å². The number of rotatable bonds is 2. The summed E-state index contributed by atoms with van der Waals surface area (Å²) in [4.78, 5) is 17.9. The Morgan fingerprint density at radius 3 is 2.61 bits per heavy atom. The predicted octanol–water partition coefficient (Wildman–Crippen LogP) is 1.40. The molecule has 2 aromatic rings. The van der Waals surface area contributed by atoms with Gasteiger partial charge in [0.1, 0.15) is 0 Å². The number of halogens is 3. The third-order valence-electron chi connectivity index (χ3n) is 2.20. The lowest BCUT2D eigenvalue weighted by molar-refractivity contribution is -0.144. The fraction of sp³-hybridized carbons (Fsp3) is 0.333. The van der Waals surface area contributed by atoms with Gasteiger partial charge >= 0.3 is 12.1 Å². The molecule has 0 aliphatic heterocycles. The maximum absolute atomic E-state index is 12.4. The highest BCUT2D eigenvalue weighted by Gasteiger charge is 2.37. The van der Waals surface area contributed by atoms with Gasteiger partial charge in [0.25, 0.3) is 11.6 Å². The lowest BCUT2D eigenvalue weighted by atomic mass is 10.3. The molecule has 1 N–H and O–H groups in total. The zero-order valence-corrected chi connectivity index (χ0v) is 9.06. The number of nitrogens with zero attached hydrogens (tertiary/aromatic N) is 4. The van der Waals surface area contributed by atoms with Gasteiger partial charge in [0.05, 0.1) is 0 Å². The maximum atomic E-state index is 12.4. The fourth-order valence-corrected chi connectivity index (χ4v) is 1.37. The maximum Gasteiger partial charge on any atom is 0.453 e. The summed E-state index contributed by atoms with van der Waals surface area (Å²) in [5.41, 5.74) is -0.0686. The van der Waals surface area contributed by atoms with Crippen molar-refractivity contribution in [1.82, 2.24) is 19.6 Å². The number of aryl methyl sites for hydroxylation is 1. The molecule has 6 nitrogen and oxygen atoms in total. The Hall–Kier alpha value is -2.19. The van der Waals surface area contributed by atoms with Gasteiger partial charge in [0.15, 0.2) is 5.69 Å². The van der Waals surface area contributed by atoms with E-state index in [9.17, 15) is 18.0 Å². The Morgan fingerprint density at radius 1 is 1.44 bits per heavy atom. The van der Waals surface area contributed by atoms with E-state index in [2.05, 4.69) is 15.1 Å².